The van der Waals surface area contributed by atoms with Gasteiger partial charge >= 0.3 is 0 Å². The second-order valence-electron chi connectivity index (χ2n) is 4.72. The smallest absolute Gasteiger partial charge is 0.163 e. The largest absolute Gasteiger partial charge is 0.355 e. The van der Waals surface area contributed by atoms with Crippen LogP contribution >= 0.6 is 0 Å². The first-order chi connectivity index (χ1) is 8.56. The van der Waals surface area contributed by atoms with Gasteiger partial charge in [-0.2, -0.15) is 0 Å². The van der Waals surface area contributed by atoms with Crippen LogP contribution in [-0.2, 0) is 0 Å². The Bertz CT molecular complexity index is 390. The number of ketones is 1. The minimum atomic E-state index is 0.0732. The first-order valence-corrected chi connectivity index (χ1v) is 6.42. The SMILES string of the molecule is CCCN(CCN(C)C)c1ncccc1C(C)=O. The van der Waals surface area contributed by atoms with Crippen molar-refractivity contribution in [3.05, 3.63) is 23.9 Å². The zero-order valence-electron chi connectivity index (χ0n) is 11.8. The summed E-state index contributed by atoms with van der Waals surface area (Å²) in [7, 11) is 4.10. The van der Waals surface area contributed by atoms with Gasteiger partial charge in [0.2, 0.25) is 0 Å². The quantitative estimate of drug-likeness (QED) is 0.693. The molecule has 0 saturated heterocycles. The van der Waals surface area contributed by atoms with Gasteiger partial charge < -0.3 is 9.80 Å². The Morgan fingerprint density at radius 3 is 2.56 bits per heavy atom. The lowest BCUT2D eigenvalue weighted by Crippen LogP contribution is -2.33. The molecule has 0 spiro atoms. The van der Waals surface area contributed by atoms with Crippen LogP contribution in [0.2, 0.25) is 0 Å². The van der Waals surface area contributed by atoms with Crippen LogP contribution in [0, 0.1) is 0 Å². The van der Waals surface area contributed by atoms with E-state index in [-0.39, 0.29) is 5.78 Å². The van der Waals surface area contributed by atoms with Gasteiger partial charge in [0.05, 0.1) is 5.56 Å². The van der Waals surface area contributed by atoms with Crippen LogP contribution < -0.4 is 4.90 Å². The minimum absolute atomic E-state index is 0.0732. The Hall–Kier alpha value is -1.42. The molecule has 0 unspecified atom stereocenters. The number of nitrogens with zero attached hydrogens (tertiary/aromatic N) is 3. The van der Waals surface area contributed by atoms with Gasteiger partial charge in [-0.05, 0) is 39.6 Å². The number of hydrogen-bond acceptors (Lipinski definition) is 4. The fourth-order valence-electron chi connectivity index (χ4n) is 1.84. The van der Waals surface area contributed by atoms with Crippen molar-refractivity contribution in [1.82, 2.24) is 9.88 Å². The molecular formula is C14H23N3O. The molecule has 1 heterocycles. The Kier molecular flexibility index (Phi) is 5.78. The predicted molar refractivity (Wildman–Crippen MR) is 75.3 cm³/mol. The zero-order valence-corrected chi connectivity index (χ0v) is 11.8. The predicted octanol–water partition coefficient (Wildman–Crippen LogP) is 2.06. The molecule has 0 atom stereocenters. The third-order valence-corrected chi connectivity index (χ3v) is 2.78. The van der Waals surface area contributed by atoms with E-state index in [4.69, 9.17) is 0 Å². The van der Waals surface area contributed by atoms with Crippen LogP contribution in [0.1, 0.15) is 30.6 Å². The molecule has 0 fully saturated rings. The Morgan fingerprint density at radius 2 is 2.00 bits per heavy atom. The Morgan fingerprint density at radius 1 is 1.28 bits per heavy atom. The van der Waals surface area contributed by atoms with Crippen LogP contribution in [0.5, 0.6) is 0 Å². The molecule has 18 heavy (non-hydrogen) atoms. The number of rotatable bonds is 7. The van der Waals surface area contributed by atoms with Gasteiger partial charge in [0.1, 0.15) is 5.82 Å². The van der Waals surface area contributed by atoms with Crippen LogP contribution in [0.4, 0.5) is 5.82 Å². The average Bonchev–Trinajstić information content (AvgIpc) is 2.34. The van der Waals surface area contributed by atoms with E-state index < -0.39 is 0 Å². The van der Waals surface area contributed by atoms with E-state index >= 15 is 0 Å². The van der Waals surface area contributed by atoms with E-state index in [1.165, 1.54) is 0 Å². The second-order valence-corrected chi connectivity index (χ2v) is 4.72. The zero-order chi connectivity index (χ0) is 13.5. The molecule has 0 aliphatic rings. The fourth-order valence-corrected chi connectivity index (χ4v) is 1.84. The number of hydrogen-bond donors (Lipinski definition) is 0. The summed E-state index contributed by atoms with van der Waals surface area (Å²) < 4.78 is 0. The minimum Gasteiger partial charge on any atom is -0.355 e. The Balaban J connectivity index is 2.93. The van der Waals surface area contributed by atoms with Crippen molar-refractivity contribution >= 4 is 11.6 Å². The van der Waals surface area contributed by atoms with Gasteiger partial charge in [-0.1, -0.05) is 6.92 Å². The van der Waals surface area contributed by atoms with Crippen LogP contribution in [0.3, 0.4) is 0 Å². The van der Waals surface area contributed by atoms with E-state index in [1.54, 1.807) is 13.1 Å². The molecule has 0 radical (unpaired) electrons. The molecule has 0 aliphatic carbocycles. The lowest BCUT2D eigenvalue weighted by atomic mass is 10.1. The molecule has 0 N–H and O–H groups in total. The summed E-state index contributed by atoms with van der Waals surface area (Å²) in [6.07, 6.45) is 2.79. The van der Waals surface area contributed by atoms with Gasteiger partial charge in [0.15, 0.2) is 5.78 Å². The first-order valence-electron chi connectivity index (χ1n) is 6.42. The standard InChI is InChI=1S/C14H23N3O/c1-5-9-17(11-10-16(3)4)14-13(12(2)18)7-6-8-15-14/h6-8H,5,9-11H2,1-4H3. The van der Waals surface area contributed by atoms with Crippen molar-refractivity contribution in [1.29, 1.82) is 0 Å². The van der Waals surface area contributed by atoms with E-state index in [0.29, 0.717) is 5.56 Å². The molecular weight excluding hydrogens is 226 g/mol. The highest BCUT2D eigenvalue weighted by atomic mass is 16.1. The third kappa shape index (κ3) is 4.11. The number of aromatic nitrogens is 1. The van der Waals surface area contributed by atoms with Crippen molar-refractivity contribution in [2.45, 2.75) is 20.3 Å². The van der Waals surface area contributed by atoms with Crippen molar-refractivity contribution in [3.8, 4) is 0 Å². The van der Waals surface area contributed by atoms with Crippen LogP contribution in [0.15, 0.2) is 18.3 Å². The summed E-state index contributed by atoms with van der Waals surface area (Å²) in [4.78, 5) is 20.3. The number of carbonyl (C=O) groups excluding carboxylic acids is 1. The maximum Gasteiger partial charge on any atom is 0.163 e. The third-order valence-electron chi connectivity index (χ3n) is 2.78. The van der Waals surface area contributed by atoms with Crippen molar-refractivity contribution in [3.63, 3.8) is 0 Å². The van der Waals surface area contributed by atoms with Gasteiger partial charge in [0, 0.05) is 25.8 Å². The number of Topliss-reactive ketones (excluding diaryl/α,β-unsaturated/α-hetero) is 1. The topological polar surface area (TPSA) is 36.4 Å². The molecule has 0 aromatic carbocycles. The highest BCUT2D eigenvalue weighted by Crippen LogP contribution is 2.17. The molecule has 0 aliphatic heterocycles. The number of likely N-dealkylation sites (N-methyl/N-ethyl adjacent to an activating group) is 1. The highest BCUT2D eigenvalue weighted by molar-refractivity contribution is 5.98. The molecule has 1 rings (SSSR count). The molecule has 1 aromatic heterocycles. The average molecular weight is 249 g/mol. The summed E-state index contributed by atoms with van der Waals surface area (Å²) in [5.74, 6) is 0.887. The Labute approximate surface area is 110 Å². The summed E-state index contributed by atoms with van der Waals surface area (Å²) in [6.45, 7) is 6.49. The van der Waals surface area contributed by atoms with E-state index in [2.05, 4.69) is 35.8 Å². The first kappa shape index (κ1) is 14.6. The fraction of sp³-hybridized carbons (Fsp3) is 0.571. The van der Waals surface area contributed by atoms with E-state index in [1.807, 2.05) is 12.1 Å². The summed E-state index contributed by atoms with van der Waals surface area (Å²) >= 11 is 0. The number of pyridine rings is 1. The maximum absolute atomic E-state index is 11.6. The number of anilines is 1. The van der Waals surface area contributed by atoms with Gasteiger partial charge in [-0.15, -0.1) is 0 Å². The maximum atomic E-state index is 11.6. The van der Waals surface area contributed by atoms with Crippen molar-refractivity contribution < 1.29 is 4.79 Å². The van der Waals surface area contributed by atoms with Crippen LogP contribution in [-0.4, -0.2) is 49.4 Å². The van der Waals surface area contributed by atoms with Gasteiger partial charge in [-0.3, -0.25) is 4.79 Å². The molecule has 0 saturated carbocycles. The molecule has 1 aromatic rings. The molecule has 0 amide bonds. The number of carbonyl (C=O) groups is 1. The molecule has 4 heteroatoms. The van der Waals surface area contributed by atoms with E-state index in [9.17, 15) is 4.79 Å². The molecule has 4 nitrogen and oxygen atoms in total. The highest BCUT2D eigenvalue weighted by Gasteiger charge is 2.14. The molecule has 100 valence electrons. The van der Waals surface area contributed by atoms with E-state index in [0.717, 1.165) is 31.9 Å². The van der Waals surface area contributed by atoms with Crippen LogP contribution in [0.25, 0.3) is 0 Å². The van der Waals surface area contributed by atoms with Crippen molar-refractivity contribution in [2.24, 2.45) is 0 Å². The lowest BCUT2D eigenvalue weighted by Gasteiger charge is -2.26. The van der Waals surface area contributed by atoms with Gasteiger partial charge in [0.25, 0.3) is 0 Å². The summed E-state index contributed by atoms with van der Waals surface area (Å²) in [5, 5.41) is 0. The van der Waals surface area contributed by atoms with Gasteiger partial charge in [-0.25, -0.2) is 4.98 Å². The summed E-state index contributed by atoms with van der Waals surface area (Å²) in [6, 6.07) is 3.67. The lowest BCUT2D eigenvalue weighted by molar-refractivity contribution is 0.101. The monoisotopic (exact) mass is 249 g/mol. The summed E-state index contributed by atoms with van der Waals surface area (Å²) in [5.41, 5.74) is 0.713. The van der Waals surface area contributed by atoms with Crippen molar-refractivity contribution in [2.75, 3.05) is 38.6 Å². The normalized spacial score (nSPS) is 10.7. The second kappa shape index (κ2) is 7.11. The molecule has 0 bridgehead atoms.